The molecule has 0 bridgehead atoms. The third-order valence-corrected chi connectivity index (χ3v) is 6.29. The second-order valence-electron chi connectivity index (χ2n) is 7.00. The van der Waals surface area contributed by atoms with Crippen molar-refractivity contribution in [1.29, 1.82) is 0 Å². The molecule has 1 amide bonds. The second kappa shape index (κ2) is 9.34. The summed E-state index contributed by atoms with van der Waals surface area (Å²) in [5.41, 5.74) is 0.822. The van der Waals surface area contributed by atoms with Crippen LogP contribution in [0.15, 0.2) is 36.4 Å². The number of hydrogen-bond acceptors (Lipinski definition) is 5. The fraction of sp³-hybridized carbons (Fsp3) is 0.333. The summed E-state index contributed by atoms with van der Waals surface area (Å²) >= 11 is 7.38. The van der Waals surface area contributed by atoms with E-state index in [0.717, 1.165) is 32.1 Å². The largest absolute Gasteiger partial charge is 0.379 e. The molecule has 0 unspecified atom stereocenters. The van der Waals surface area contributed by atoms with Crippen molar-refractivity contribution in [3.63, 3.8) is 0 Å². The van der Waals surface area contributed by atoms with Gasteiger partial charge in [0, 0.05) is 26.2 Å². The number of halogens is 3. The summed E-state index contributed by atoms with van der Waals surface area (Å²) in [7, 11) is 0. The van der Waals surface area contributed by atoms with E-state index in [0.29, 0.717) is 35.1 Å². The third-order valence-electron chi connectivity index (χ3n) is 4.94. The number of morpholine rings is 1. The number of anilines is 1. The molecular weight excluding hydrogens is 432 g/mol. The van der Waals surface area contributed by atoms with Crippen molar-refractivity contribution >= 4 is 44.2 Å². The lowest BCUT2D eigenvalue weighted by atomic mass is 10.2. The van der Waals surface area contributed by atoms with Crippen LogP contribution in [0.1, 0.15) is 16.8 Å². The van der Waals surface area contributed by atoms with E-state index < -0.39 is 5.82 Å². The molecule has 0 spiro atoms. The van der Waals surface area contributed by atoms with Crippen LogP contribution >= 0.6 is 22.9 Å². The number of benzene rings is 2. The highest BCUT2D eigenvalue weighted by Gasteiger charge is 2.24. The molecule has 158 valence electrons. The van der Waals surface area contributed by atoms with Gasteiger partial charge in [-0.1, -0.05) is 22.9 Å². The number of fused-ring (bicyclic) bond motifs is 1. The van der Waals surface area contributed by atoms with Gasteiger partial charge in [-0.15, -0.1) is 0 Å². The Morgan fingerprint density at radius 1 is 1.17 bits per heavy atom. The zero-order valence-electron chi connectivity index (χ0n) is 16.1. The highest BCUT2D eigenvalue weighted by molar-refractivity contribution is 7.22. The zero-order valence-corrected chi connectivity index (χ0v) is 17.7. The number of carbonyl (C=O) groups is 1. The molecule has 1 aromatic heterocycles. The number of rotatable bonds is 6. The molecule has 30 heavy (non-hydrogen) atoms. The molecule has 0 radical (unpaired) electrons. The molecule has 0 aliphatic carbocycles. The highest BCUT2D eigenvalue weighted by Crippen LogP contribution is 2.31. The van der Waals surface area contributed by atoms with Crippen LogP contribution in [-0.2, 0) is 4.74 Å². The minimum Gasteiger partial charge on any atom is -0.379 e. The Morgan fingerprint density at radius 2 is 1.90 bits per heavy atom. The normalized spacial score (nSPS) is 14.9. The molecule has 1 aliphatic heterocycles. The van der Waals surface area contributed by atoms with Gasteiger partial charge in [-0.25, -0.2) is 13.8 Å². The average molecular weight is 452 g/mol. The van der Waals surface area contributed by atoms with E-state index in [2.05, 4.69) is 9.88 Å². The SMILES string of the molecule is O=C(c1ccc(F)cc1Cl)N(CCCN1CCOCC1)c1nc2ccc(F)cc2s1. The maximum absolute atomic E-state index is 13.6. The first kappa shape index (κ1) is 21.1. The van der Waals surface area contributed by atoms with Gasteiger partial charge in [0.2, 0.25) is 0 Å². The van der Waals surface area contributed by atoms with Crippen molar-refractivity contribution in [3.8, 4) is 0 Å². The zero-order chi connectivity index (χ0) is 21.1. The smallest absolute Gasteiger partial charge is 0.261 e. The Kier molecular flexibility index (Phi) is 6.58. The number of thiazole rings is 1. The molecule has 1 fully saturated rings. The van der Waals surface area contributed by atoms with Crippen LogP contribution < -0.4 is 4.90 Å². The minimum absolute atomic E-state index is 0.0466. The number of ether oxygens (including phenoxy) is 1. The molecule has 2 heterocycles. The topological polar surface area (TPSA) is 45.7 Å². The van der Waals surface area contributed by atoms with Crippen molar-refractivity contribution in [2.45, 2.75) is 6.42 Å². The number of aromatic nitrogens is 1. The predicted molar refractivity (Wildman–Crippen MR) is 115 cm³/mol. The summed E-state index contributed by atoms with van der Waals surface area (Å²) in [6.45, 7) is 4.35. The second-order valence-corrected chi connectivity index (χ2v) is 8.41. The summed E-state index contributed by atoms with van der Waals surface area (Å²) in [6.07, 6.45) is 0.717. The maximum atomic E-state index is 13.6. The van der Waals surface area contributed by atoms with E-state index in [1.807, 2.05) is 0 Å². The predicted octanol–water partition coefficient (Wildman–Crippen LogP) is 4.60. The summed E-state index contributed by atoms with van der Waals surface area (Å²) < 4.78 is 33.1. The van der Waals surface area contributed by atoms with Gasteiger partial charge in [0.25, 0.3) is 5.91 Å². The van der Waals surface area contributed by atoms with Gasteiger partial charge in [0.05, 0.1) is 34.0 Å². The monoisotopic (exact) mass is 451 g/mol. The van der Waals surface area contributed by atoms with Crippen molar-refractivity contribution < 1.29 is 18.3 Å². The van der Waals surface area contributed by atoms with Gasteiger partial charge in [-0.2, -0.15) is 0 Å². The van der Waals surface area contributed by atoms with Gasteiger partial charge >= 0.3 is 0 Å². The molecule has 1 aliphatic rings. The Morgan fingerprint density at radius 3 is 2.67 bits per heavy atom. The van der Waals surface area contributed by atoms with Crippen LogP contribution in [0.4, 0.5) is 13.9 Å². The molecule has 0 N–H and O–H groups in total. The molecular formula is C21H20ClF2N3O2S. The summed E-state index contributed by atoms with van der Waals surface area (Å²) in [5, 5.41) is 0.508. The fourth-order valence-corrected chi connectivity index (χ4v) is 4.63. The van der Waals surface area contributed by atoms with Crippen molar-refractivity contribution in [2.75, 3.05) is 44.3 Å². The number of amides is 1. The van der Waals surface area contributed by atoms with Crippen LogP contribution in [-0.4, -0.2) is 55.2 Å². The van der Waals surface area contributed by atoms with E-state index in [1.54, 1.807) is 11.0 Å². The summed E-state index contributed by atoms with van der Waals surface area (Å²) in [6, 6.07) is 8.03. The molecule has 2 aromatic carbocycles. The molecule has 0 atom stereocenters. The van der Waals surface area contributed by atoms with Crippen LogP contribution in [0, 0.1) is 11.6 Å². The highest BCUT2D eigenvalue weighted by atomic mass is 35.5. The standard InChI is InChI=1S/C21H20ClF2N3O2S/c22-17-12-14(23)2-4-16(17)20(28)27(7-1-6-26-8-10-29-11-9-26)21-25-18-5-3-15(24)13-19(18)30-21/h2-5,12-13H,1,6-11H2. The van der Waals surface area contributed by atoms with Gasteiger partial charge in [0.1, 0.15) is 11.6 Å². The Labute approximate surface area is 181 Å². The third kappa shape index (κ3) is 4.78. The Hall–Kier alpha value is -2.13. The number of nitrogens with zero attached hydrogens (tertiary/aromatic N) is 3. The first-order valence-electron chi connectivity index (χ1n) is 9.64. The first-order chi connectivity index (χ1) is 14.5. The van der Waals surface area contributed by atoms with Gasteiger partial charge in [0.15, 0.2) is 5.13 Å². The molecule has 3 aromatic rings. The molecule has 5 nitrogen and oxygen atoms in total. The molecule has 9 heteroatoms. The van der Waals surface area contributed by atoms with Gasteiger partial charge in [-0.3, -0.25) is 14.6 Å². The van der Waals surface area contributed by atoms with Crippen LogP contribution in [0.2, 0.25) is 5.02 Å². The quantitative estimate of drug-likeness (QED) is 0.549. The maximum Gasteiger partial charge on any atom is 0.261 e. The van der Waals surface area contributed by atoms with E-state index in [4.69, 9.17) is 16.3 Å². The van der Waals surface area contributed by atoms with E-state index in [9.17, 15) is 13.6 Å². The lowest BCUT2D eigenvalue weighted by Gasteiger charge is -2.27. The lowest BCUT2D eigenvalue weighted by molar-refractivity contribution is 0.0376. The molecule has 0 saturated carbocycles. The summed E-state index contributed by atoms with van der Waals surface area (Å²) in [4.78, 5) is 21.6. The van der Waals surface area contributed by atoms with Crippen LogP contribution in [0.5, 0.6) is 0 Å². The Balaban J connectivity index is 1.59. The van der Waals surface area contributed by atoms with Crippen molar-refractivity contribution in [1.82, 2.24) is 9.88 Å². The van der Waals surface area contributed by atoms with E-state index in [1.165, 1.54) is 35.6 Å². The summed E-state index contributed by atoms with van der Waals surface area (Å²) in [5.74, 6) is -1.23. The van der Waals surface area contributed by atoms with Crippen molar-refractivity contribution in [2.24, 2.45) is 0 Å². The number of carbonyl (C=O) groups excluding carboxylic acids is 1. The van der Waals surface area contributed by atoms with Gasteiger partial charge < -0.3 is 4.74 Å². The average Bonchev–Trinajstić information content (AvgIpc) is 3.14. The van der Waals surface area contributed by atoms with Crippen LogP contribution in [0.25, 0.3) is 10.2 Å². The van der Waals surface area contributed by atoms with E-state index >= 15 is 0 Å². The van der Waals surface area contributed by atoms with Gasteiger partial charge in [-0.05, 0) is 42.8 Å². The first-order valence-corrected chi connectivity index (χ1v) is 10.8. The number of hydrogen-bond donors (Lipinski definition) is 0. The lowest BCUT2D eigenvalue weighted by Crippen LogP contribution is -2.39. The Bertz CT molecular complexity index is 1060. The molecule has 1 saturated heterocycles. The molecule has 4 rings (SSSR count). The van der Waals surface area contributed by atoms with E-state index in [-0.39, 0.29) is 22.3 Å². The van der Waals surface area contributed by atoms with Crippen molar-refractivity contribution in [3.05, 3.63) is 58.6 Å². The minimum atomic E-state index is -0.508. The fourth-order valence-electron chi connectivity index (χ4n) is 3.37. The van der Waals surface area contributed by atoms with Crippen LogP contribution in [0.3, 0.4) is 0 Å².